The molecule has 0 bridgehead atoms. The van der Waals surface area contributed by atoms with Gasteiger partial charge in [0.2, 0.25) is 10.0 Å². The molecule has 0 radical (unpaired) electrons. The summed E-state index contributed by atoms with van der Waals surface area (Å²) in [5, 5.41) is 15.3. The molecule has 3 aromatic rings. The topological polar surface area (TPSA) is 117 Å². The van der Waals surface area contributed by atoms with Crippen molar-refractivity contribution in [1.29, 1.82) is 5.26 Å². The Morgan fingerprint density at radius 3 is 2.75 bits per heavy atom. The van der Waals surface area contributed by atoms with Gasteiger partial charge in [0.1, 0.15) is 11.6 Å². The number of aromatic nitrogens is 4. The van der Waals surface area contributed by atoms with Gasteiger partial charge < -0.3 is 0 Å². The SMILES string of the molecule is C[C@@H]1CC(c2cnc3c(C#N)nn([C@H](C)c4ccc(Cl)cc4Cl)c3n2)=CC[C@@H]1N1CCC[C@H]1CNS(C)(=O)=O.Cl. The zero-order valence-electron chi connectivity index (χ0n) is 22.5. The van der Waals surface area contributed by atoms with E-state index in [4.69, 9.17) is 28.2 Å². The Labute approximate surface area is 251 Å². The summed E-state index contributed by atoms with van der Waals surface area (Å²) in [4.78, 5) is 12.0. The van der Waals surface area contributed by atoms with Gasteiger partial charge in [0.05, 0.1) is 24.2 Å². The molecule has 214 valence electrons. The highest BCUT2D eigenvalue weighted by Crippen LogP contribution is 2.37. The summed E-state index contributed by atoms with van der Waals surface area (Å²) in [6.45, 7) is 5.61. The zero-order valence-corrected chi connectivity index (χ0v) is 25.7. The first-order valence-electron chi connectivity index (χ1n) is 13.1. The normalized spacial score (nSPS) is 22.5. The second kappa shape index (κ2) is 12.3. The molecule has 1 N–H and O–H groups in total. The summed E-state index contributed by atoms with van der Waals surface area (Å²) in [6.07, 6.45) is 8.90. The molecule has 40 heavy (non-hydrogen) atoms. The monoisotopic (exact) mass is 623 g/mol. The average Bonchev–Trinajstić information content (AvgIpc) is 3.51. The molecule has 0 spiro atoms. The van der Waals surface area contributed by atoms with E-state index in [1.807, 2.05) is 13.0 Å². The van der Waals surface area contributed by atoms with Crippen LogP contribution in [0.1, 0.15) is 62.5 Å². The molecular weight excluding hydrogens is 593 g/mol. The van der Waals surface area contributed by atoms with Crippen LogP contribution in [0.3, 0.4) is 0 Å². The Morgan fingerprint density at radius 1 is 1.30 bits per heavy atom. The van der Waals surface area contributed by atoms with Gasteiger partial charge in [0.15, 0.2) is 11.3 Å². The van der Waals surface area contributed by atoms with Crippen LogP contribution in [0.25, 0.3) is 16.7 Å². The highest BCUT2D eigenvalue weighted by atomic mass is 35.5. The van der Waals surface area contributed by atoms with Crippen LogP contribution in [0.5, 0.6) is 0 Å². The molecule has 13 heteroatoms. The third-order valence-electron chi connectivity index (χ3n) is 7.85. The Kier molecular flexibility index (Phi) is 9.45. The third-order valence-corrected chi connectivity index (χ3v) is 9.11. The molecule has 2 aromatic heterocycles. The van der Waals surface area contributed by atoms with Gasteiger partial charge in [-0.15, -0.1) is 12.4 Å². The Hall–Kier alpha value is -2.26. The van der Waals surface area contributed by atoms with E-state index in [2.05, 4.69) is 38.8 Å². The predicted octanol–water partition coefficient (Wildman–Crippen LogP) is 5.23. The smallest absolute Gasteiger partial charge is 0.208 e. The Morgan fingerprint density at radius 2 is 2.08 bits per heavy atom. The molecule has 0 unspecified atom stereocenters. The van der Waals surface area contributed by atoms with Crippen LogP contribution in [0.2, 0.25) is 10.0 Å². The molecule has 9 nitrogen and oxygen atoms in total. The van der Waals surface area contributed by atoms with Gasteiger partial charge in [-0.3, -0.25) is 4.90 Å². The van der Waals surface area contributed by atoms with Crippen LogP contribution in [-0.2, 0) is 10.0 Å². The molecule has 1 aliphatic heterocycles. The standard InChI is InChI=1S/C27H31Cl2N7O2S.ClH/c1-16-11-18(6-9-25(16)35-10-4-5-20(35)14-32-39(3,37)38)24-15-31-26-23(13-30)34-36(27(26)33-24)17(2)21-8-7-19(28)12-22(21)29;/h6-8,12,15-17,20,25,32H,4-5,9-11,14H2,1-3H3;1H/t16-,17-,20+,25+;/m1./s1. The zero-order chi connectivity index (χ0) is 27.9. The largest absolute Gasteiger partial charge is 0.296 e. The van der Waals surface area contributed by atoms with E-state index < -0.39 is 10.0 Å². The number of benzene rings is 1. The summed E-state index contributed by atoms with van der Waals surface area (Å²) in [5.41, 5.74) is 3.91. The fraction of sp³-hybridized carbons (Fsp3) is 0.481. The average molecular weight is 625 g/mol. The highest BCUT2D eigenvalue weighted by Gasteiger charge is 2.35. The minimum absolute atomic E-state index is 0. The van der Waals surface area contributed by atoms with Crippen molar-refractivity contribution in [3.8, 4) is 6.07 Å². The molecule has 0 amide bonds. The first-order valence-corrected chi connectivity index (χ1v) is 15.7. The Bertz CT molecular complexity index is 1580. The number of hydrogen-bond donors (Lipinski definition) is 1. The molecule has 5 rings (SSSR count). The number of hydrogen-bond acceptors (Lipinski definition) is 7. The van der Waals surface area contributed by atoms with Crippen molar-refractivity contribution in [2.24, 2.45) is 5.92 Å². The fourth-order valence-corrected chi connectivity index (χ4v) is 6.94. The molecule has 1 saturated heterocycles. The van der Waals surface area contributed by atoms with Gasteiger partial charge >= 0.3 is 0 Å². The summed E-state index contributed by atoms with van der Waals surface area (Å²) in [7, 11) is -3.22. The molecule has 0 saturated carbocycles. The van der Waals surface area contributed by atoms with Gasteiger partial charge in [-0.25, -0.2) is 27.8 Å². The van der Waals surface area contributed by atoms with E-state index in [-0.39, 0.29) is 30.2 Å². The molecule has 1 fully saturated rings. The number of halogens is 3. The lowest BCUT2D eigenvalue weighted by Gasteiger charge is -2.39. The van der Waals surface area contributed by atoms with E-state index in [1.54, 1.807) is 23.0 Å². The quantitative estimate of drug-likeness (QED) is 0.383. The minimum atomic E-state index is -3.22. The number of nitrogens with zero attached hydrogens (tertiary/aromatic N) is 6. The lowest BCUT2D eigenvalue weighted by Crippen LogP contribution is -2.48. The Balaban J connectivity index is 0.00000370. The van der Waals surface area contributed by atoms with Gasteiger partial charge in [0, 0.05) is 28.7 Å². The lowest BCUT2D eigenvalue weighted by atomic mass is 9.83. The van der Waals surface area contributed by atoms with E-state index in [9.17, 15) is 13.7 Å². The van der Waals surface area contributed by atoms with E-state index in [0.717, 1.165) is 49.1 Å². The van der Waals surface area contributed by atoms with Gasteiger partial charge in [-0.05, 0) is 68.3 Å². The van der Waals surface area contributed by atoms with Crippen LogP contribution in [0.15, 0.2) is 30.5 Å². The number of nitrogens with one attached hydrogen (secondary N) is 1. The second-order valence-electron chi connectivity index (χ2n) is 10.5. The number of likely N-dealkylation sites (tertiary alicyclic amines) is 1. The van der Waals surface area contributed by atoms with Crippen LogP contribution in [0.4, 0.5) is 0 Å². The first kappa shape index (κ1) is 30.7. The van der Waals surface area contributed by atoms with Crippen molar-refractivity contribution in [1.82, 2.24) is 29.4 Å². The predicted molar refractivity (Wildman–Crippen MR) is 160 cm³/mol. The van der Waals surface area contributed by atoms with E-state index >= 15 is 0 Å². The summed E-state index contributed by atoms with van der Waals surface area (Å²) in [5.74, 6) is 0.354. The highest BCUT2D eigenvalue weighted by molar-refractivity contribution is 7.88. The number of allylic oxidation sites excluding steroid dienone is 1. The van der Waals surface area contributed by atoms with E-state index in [0.29, 0.717) is 39.7 Å². The van der Waals surface area contributed by atoms with Crippen LogP contribution >= 0.6 is 35.6 Å². The number of sulfonamides is 1. The van der Waals surface area contributed by atoms with Gasteiger partial charge in [-0.2, -0.15) is 10.4 Å². The summed E-state index contributed by atoms with van der Waals surface area (Å²) < 4.78 is 27.7. The lowest BCUT2D eigenvalue weighted by molar-refractivity contribution is 0.133. The van der Waals surface area contributed by atoms with Crippen molar-refractivity contribution >= 4 is 62.4 Å². The van der Waals surface area contributed by atoms with Crippen molar-refractivity contribution in [3.63, 3.8) is 0 Å². The van der Waals surface area contributed by atoms with Gasteiger partial charge in [-0.1, -0.05) is 42.3 Å². The van der Waals surface area contributed by atoms with Crippen LogP contribution in [-0.4, -0.2) is 64.5 Å². The van der Waals surface area contributed by atoms with Crippen molar-refractivity contribution < 1.29 is 8.42 Å². The third kappa shape index (κ3) is 6.30. The summed E-state index contributed by atoms with van der Waals surface area (Å²) >= 11 is 12.6. The first-order chi connectivity index (χ1) is 18.6. The molecule has 1 aromatic carbocycles. The molecule has 1 aliphatic carbocycles. The number of fused-ring (bicyclic) bond motifs is 1. The maximum absolute atomic E-state index is 11.6. The number of nitriles is 1. The van der Waals surface area contributed by atoms with Crippen molar-refractivity contribution in [2.45, 2.75) is 57.7 Å². The summed E-state index contributed by atoms with van der Waals surface area (Å²) in [6, 6.07) is 7.71. The minimum Gasteiger partial charge on any atom is -0.296 e. The van der Waals surface area contributed by atoms with Crippen LogP contribution < -0.4 is 4.72 Å². The molecule has 3 heterocycles. The molecule has 4 atom stereocenters. The van der Waals surface area contributed by atoms with Crippen molar-refractivity contribution in [2.75, 3.05) is 19.3 Å². The maximum atomic E-state index is 11.6. The second-order valence-corrected chi connectivity index (χ2v) is 13.2. The number of rotatable bonds is 7. The van der Waals surface area contributed by atoms with E-state index in [1.165, 1.54) is 6.26 Å². The molecule has 2 aliphatic rings. The van der Waals surface area contributed by atoms with Crippen molar-refractivity contribution in [3.05, 3.63) is 57.5 Å². The van der Waals surface area contributed by atoms with Crippen LogP contribution in [0, 0.1) is 17.2 Å². The maximum Gasteiger partial charge on any atom is 0.208 e. The fourth-order valence-electron chi connectivity index (χ4n) is 5.88. The molecular formula is C27H32Cl3N7O2S. The van der Waals surface area contributed by atoms with Gasteiger partial charge in [0.25, 0.3) is 0 Å².